The molecule has 23 heavy (non-hydrogen) atoms. The van der Waals surface area contributed by atoms with Crippen molar-refractivity contribution in [3.8, 4) is 5.75 Å². The molecule has 0 radical (unpaired) electrons. The molecule has 1 aliphatic rings. The second-order valence-corrected chi connectivity index (χ2v) is 5.84. The standard InChI is InChI=1S/C17H23N5O/c1-13-12-16(19-14-4-6-15(23-3)7-5-14)20-17(18-13)22-10-8-21(2)9-11-22/h4-7,12H,8-11H2,1-3H3,(H,18,19,20). The smallest absolute Gasteiger partial charge is 0.227 e. The van der Waals surface area contributed by atoms with Gasteiger partial charge in [0.2, 0.25) is 5.95 Å². The van der Waals surface area contributed by atoms with E-state index in [4.69, 9.17) is 4.74 Å². The lowest BCUT2D eigenvalue weighted by Crippen LogP contribution is -2.45. The Morgan fingerprint density at radius 1 is 1.04 bits per heavy atom. The number of methoxy groups -OCH3 is 1. The van der Waals surface area contributed by atoms with E-state index in [1.165, 1.54) is 0 Å². The number of anilines is 3. The third-order valence-corrected chi connectivity index (χ3v) is 3.99. The predicted molar refractivity (Wildman–Crippen MR) is 92.8 cm³/mol. The van der Waals surface area contributed by atoms with Gasteiger partial charge in [-0.15, -0.1) is 0 Å². The minimum absolute atomic E-state index is 0.800. The number of aromatic nitrogens is 2. The van der Waals surface area contributed by atoms with Crippen LogP contribution >= 0.6 is 0 Å². The van der Waals surface area contributed by atoms with Gasteiger partial charge in [-0.25, -0.2) is 4.98 Å². The molecule has 2 aromatic rings. The first kappa shape index (κ1) is 15.6. The summed E-state index contributed by atoms with van der Waals surface area (Å²) in [5.74, 6) is 2.46. The summed E-state index contributed by atoms with van der Waals surface area (Å²) in [6.45, 7) is 6.00. The molecule has 1 fully saturated rings. The molecule has 0 amide bonds. The summed E-state index contributed by atoms with van der Waals surface area (Å²) in [6.07, 6.45) is 0. The summed E-state index contributed by atoms with van der Waals surface area (Å²) >= 11 is 0. The van der Waals surface area contributed by atoms with E-state index in [0.29, 0.717) is 0 Å². The molecule has 1 saturated heterocycles. The molecule has 0 spiro atoms. The van der Waals surface area contributed by atoms with E-state index < -0.39 is 0 Å². The van der Waals surface area contributed by atoms with Gasteiger partial charge in [-0.2, -0.15) is 4.98 Å². The van der Waals surface area contributed by atoms with E-state index in [2.05, 4.69) is 32.1 Å². The third kappa shape index (κ3) is 3.90. The van der Waals surface area contributed by atoms with E-state index in [1.54, 1.807) is 7.11 Å². The molecule has 1 aromatic carbocycles. The molecule has 0 bridgehead atoms. The Kier molecular flexibility index (Phi) is 4.62. The Morgan fingerprint density at radius 3 is 2.39 bits per heavy atom. The maximum atomic E-state index is 5.18. The molecule has 1 N–H and O–H groups in total. The lowest BCUT2D eigenvalue weighted by Gasteiger charge is -2.32. The van der Waals surface area contributed by atoms with Crippen LogP contribution in [-0.2, 0) is 0 Å². The molecule has 6 nitrogen and oxygen atoms in total. The molecule has 6 heteroatoms. The summed E-state index contributed by atoms with van der Waals surface area (Å²) in [5.41, 5.74) is 1.94. The van der Waals surface area contributed by atoms with Crippen LogP contribution in [0.4, 0.5) is 17.5 Å². The van der Waals surface area contributed by atoms with Crippen molar-refractivity contribution in [1.82, 2.24) is 14.9 Å². The van der Waals surface area contributed by atoms with Gasteiger partial charge in [-0.05, 0) is 38.2 Å². The molecular formula is C17H23N5O. The van der Waals surface area contributed by atoms with Crippen LogP contribution in [0.2, 0.25) is 0 Å². The minimum Gasteiger partial charge on any atom is -0.497 e. The van der Waals surface area contributed by atoms with Gasteiger partial charge in [-0.3, -0.25) is 0 Å². The normalized spacial score (nSPS) is 15.5. The largest absolute Gasteiger partial charge is 0.497 e. The summed E-state index contributed by atoms with van der Waals surface area (Å²) < 4.78 is 5.18. The lowest BCUT2D eigenvalue weighted by molar-refractivity contribution is 0.311. The van der Waals surface area contributed by atoms with Crippen LogP contribution in [0.3, 0.4) is 0 Å². The third-order valence-electron chi connectivity index (χ3n) is 3.99. The molecule has 0 unspecified atom stereocenters. The monoisotopic (exact) mass is 313 g/mol. The Bertz CT molecular complexity index is 651. The van der Waals surface area contributed by atoms with Crippen LogP contribution in [0, 0.1) is 6.92 Å². The molecule has 122 valence electrons. The maximum Gasteiger partial charge on any atom is 0.227 e. The summed E-state index contributed by atoms with van der Waals surface area (Å²) in [4.78, 5) is 13.8. The number of likely N-dealkylation sites (N-methyl/N-ethyl adjacent to an activating group) is 1. The van der Waals surface area contributed by atoms with Gasteiger partial charge in [0.05, 0.1) is 7.11 Å². The van der Waals surface area contributed by atoms with Crippen LogP contribution in [0.15, 0.2) is 30.3 Å². The fraction of sp³-hybridized carbons (Fsp3) is 0.412. The Labute approximate surface area is 137 Å². The minimum atomic E-state index is 0.800. The zero-order valence-corrected chi connectivity index (χ0v) is 13.9. The van der Waals surface area contributed by atoms with Crippen molar-refractivity contribution in [1.29, 1.82) is 0 Å². The van der Waals surface area contributed by atoms with Crippen LogP contribution in [0.5, 0.6) is 5.75 Å². The number of nitrogens with one attached hydrogen (secondary N) is 1. The van der Waals surface area contributed by atoms with E-state index in [1.807, 2.05) is 37.3 Å². The first-order valence-electron chi connectivity index (χ1n) is 7.84. The fourth-order valence-corrected chi connectivity index (χ4v) is 2.59. The number of hydrogen-bond donors (Lipinski definition) is 1. The lowest BCUT2D eigenvalue weighted by atomic mass is 10.3. The zero-order valence-electron chi connectivity index (χ0n) is 13.9. The average molecular weight is 313 g/mol. The number of nitrogens with zero attached hydrogens (tertiary/aromatic N) is 4. The molecular weight excluding hydrogens is 290 g/mol. The van der Waals surface area contributed by atoms with E-state index >= 15 is 0 Å². The molecule has 0 atom stereocenters. The van der Waals surface area contributed by atoms with Gasteiger partial charge in [0.25, 0.3) is 0 Å². The molecule has 1 aromatic heterocycles. The van der Waals surface area contributed by atoms with Gasteiger partial charge < -0.3 is 19.9 Å². The van der Waals surface area contributed by atoms with Crippen molar-refractivity contribution in [2.45, 2.75) is 6.92 Å². The predicted octanol–water partition coefficient (Wildman–Crippen LogP) is 2.29. The highest BCUT2D eigenvalue weighted by Crippen LogP contribution is 2.21. The van der Waals surface area contributed by atoms with E-state index in [9.17, 15) is 0 Å². The first-order chi connectivity index (χ1) is 11.1. The highest BCUT2D eigenvalue weighted by Gasteiger charge is 2.17. The topological polar surface area (TPSA) is 53.5 Å². The van der Waals surface area contributed by atoms with Gasteiger partial charge in [0.15, 0.2) is 0 Å². The Morgan fingerprint density at radius 2 is 1.74 bits per heavy atom. The van der Waals surface area contributed by atoms with Gasteiger partial charge in [0.1, 0.15) is 11.6 Å². The van der Waals surface area contributed by atoms with Crippen molar-refractivity contribution < 1.29 is 4.74 Å². The maximum absolute atomic E-state index is 5.18. The van der Waals surface area contributed by atoms with Crippen molar-refractivity contribution >= 4 is 17.5 Å². The fourth-order valence-electron chi connectivity index (χ4n) is 2.59. The number of aryl methyl sites for hydroxylation is 1. The SMILES string of the molecule is COc1ccc(Nc2cc(C)nc(N3CCN(C)CC3)n2)cc1. The van der Waals surface area contributed by atoms with Gasteiger partial charge in [-0.1, -0.05) is 0 Å². The van der Waals surface area contributed by atoms with Crippen LogP contribution < -0.4 is 15.0 Å². The van der Waals surface area contributed by atoms with Crippen molar-refractivity contribution in [2.24, 2.45) is 0 Å². The Hall–Kier alpha value is -2.34. The molecule has 0 saturated carbocycles. The number of ether oxygens (including phenoxy) is 1. The average Bonchev–Trinajstić information content (AvgIpc) is 2.56. The zero-order chi connectivity index (χ0) is 16.2. The van der Waals surface area contributed by atoms with Crippen molar-refractivity contribution in [3.05, 3.63) is 36.0 Å². The second-order valence-electron chi connectivity index (χ2n) is 5.84. The van der Waals surface area contributed by atoms with Gasteiger partial charge in [0, 0.05) is 43.6 Å². The summed E-state index contributed by atoms with van der Waals surface area (Å²) in [7, 11) is 3.81. The number of piperazine rings is 1. The summed E-state index contributed by atoms with van der Waals surface area (Å²) in [6, 6.07) is 9.77. The van der Waals surface area contributed by atoms with Crippen molar-refractivity contribution in [3.63, 3.8) is 0 Å². The molecule has 0 aliphatic carbocycles. The van der Waals surface area contributed by atoms with Gasteiger partial charge >= 0.3 is 0 Å². The highest BCUT2D eigenvalue weighted by atomic mass is 16.5. The number of hydrogen-bond acceptors (Lipinski definition) is 6. The van der Waals surface area contributed by atoms with Crippen LogP contribution in [0.1, 0.15) is 5.69 Å². The van der Waals surface area contributed by atoms with E-state index in [-0.39, 0.29) is 0 Å². The molecule has 1 aliphatic heterocycles. The number of rotatable bonds is 4. The number of benzene rings is 1. The van der Waals surface area contributed by atoms with Crippen LogP contribution in [-0.4, -0.2) is 55.2 Å². The van der Waals surface area contributed by atoms with E-state index in [0.717, 1.165) is 55.1 Å². The quantitative estimate of drug-likeness (QED) is 0.935. The first-order valence-corrected chi connectivity index (χ1v) is 7.84. The highest BCUT2D eigenvalue weighted by molar-refractivity contribution is 5.58. The molecule has 2 heterocycles. The molecule has 3 rings (SSSR count). The Balaban J connectivity index is 1.76. The van der Waals surface area contributed by atoms with Crippen molar-refractivity contribution in [2.75, 3.05) is 50.6 Å². The second kappa shape index (κ2) is 6.83. The van der Waals surface area contributed by atoms with Crippen LogP contribution in [0.25, 0.3) is 0 Å². The summed E-state index contributed by atoms with van der Waals surface area (Å²) in [5, 5.41) is 3.34.